The first-order valence-electron chi connectivity index (χ1n) is 11.7. The molecule has 0 aromatic rings. The molecule has 3 atom stereocenters. The normalized spacial score (nSPS) is 23.1. The third kappa shape index (κ3) is 9.56. The fourth-order valence-electron chi connectivity index (χ4n) is 4.25. The fraction of sp³-hybridized carbons (Fsp3) is 0.875. The second kappa shape index (κ2) is 14.2. The summed E-state index contributed by atoms with van der Waals surface area (Å²) in [6.45, 7) is 6.55. The number of hydrogen-bond donors (Lipinski definition) is 2. The first-order chi connectivity index (χ1) is 13.5. The monoisotopic (exact) mass is 396 g/mol. The lowest BCUT2D eigenvalue weighted by Gasteiger charge is -2.26. The molecule has 1 aliphatic rings. The molecule has 4 nitrogen and oxygen atoms in total. The van der Waals surface area contributed by atoms with Gasteiger partial charge in [0.1, 0.15) is 0 Å². The molecule has 164 valence electrons. The molecule has 0 spiro atoms. The number of aliphatic hydroxyl groups excluding tert-OH is 1. The van der Waals surface area contributed by atoms with Crippen LogP contribution in [0.5, 0.6) is 0 Å². The number of esters is 1. The highest BCUT2D eigenvalue weighted by atomic mass is 16.5. The van der Waals surface area contributed by atoms with E-state index in [1.54, 1.807) is 0 Å². The molecule has 0 heterocycles. The van der Waals surface area contributed by atoms with Gasteiger partial charge in [0.15, 0.2) is 0 Å². The minimum atomic E-state index is -0.590. The van der Waals surface area contributed by atoms with Crippen molar-refractivity contribution in [3.05, 3.63) is 11.6 Å². The zero-order valence-electron chi connectivity index (χ0n) is 18.5. The molecule has 0 bridgehead atoms. The Kier molecular flexibility index (Phi) is 12.7. The van der Waals surface area contributed by atoms with Crippen molar-refractivity contribution in [2.75, 3.05) is 6.61 Å². The van der Waals surface area contributed by atoms with Crippen molar-refractivity contribution in [2.45, 2.75) is 122 Å². The Morgan fingerprint density at radius 2 is 1.89 bits per heavy atom. The lowest BCUT2D eigenvalue weighted by Crippen LogP contribution is -2.27. The van der Waals surface area contributed by atoms with Crippen molar-refractivity contribution in [3.63, 3.8) is 0 Å². The summed E-state index contributed by atoms with van der Waals surface area (Å²) < 4.78 is 4.95. The molecule has 0 aromatic carbocycles. The van der Waals surface area contributed by atoms with Crippen molar-refractivity contribution < 1.29 is 19.7 Å². The average molecular weight is 397 g/mol. The third-order valence-electron chi connectivity index (χ3n) is 6.27. The second-order valence-electron chi connectivity index (χ2n) is 8.49. The molecule has 0 saturated heterocycles. The summed E-state index contributed by atoms with van der Waals surface area (Å²) in [4.78, 5) is 11.3. The van der Waals surface area contributed by atoms with E-state index in [2.05, 4.69) is 19.9 Å². The molecular formula is C24H44O4. The molecule has 0 amide bonds. The summed E-state index contributed by atoms with van der Waals surface area (Å²) in [5.41, 5.74) is 0.759. The quantitative estimate of drug-likeness (QED) is 0.212. The zero-order chi connectivity index (χ0) is 20.8. The van der Waals surface area contributed by atoms with Gasteiger partial charge in [0.2, 0.25) is 0 Å². The van der Waals surface area contributed by atoms with Crippen LogP contribution >= 0.6 is 0 Å². The summed E-state index contributed by atoms with van der Waals surface area (Å²) in [5, 5.41) is 21.3. The molecule has 1 fully saturated rings. The van der Waals surface area contributed by atoms with Crippen LogP contribution in [0.25, 0.3) is 0 Å². The molecule has 2 N–H and O–H groups in total. The van der Waals surface area contributed by atoms with E-state index in [0.29, 0.717) is 19.4 Å². The Labute approximate surface area is 172 Å². The molecule has 0 aromatic heterocycles. The predicted molar refractivity (Wildman–Crippen MR) is 115 cm³/mol. The molecule has 0 radical (unpaired) electrons. The van der Waals surface area contributed by atoms with E-state index in [9.17, 15) is 15.0 Å². The lowest BCUT2D eigenvalue weighted by atomic mass is 9.87. The van der Waals surface area contributed by atoms with Gasteiger partial charge in [0.25, 0.3) is 0 Å². The minimum Gasteiger partial charge on any atom is -0.466 e. The van der Waals surface area contributed by atoms with E-state index < -0.39 is 5.60 Å². The fourth-order valence-corrected chi connectivity index (χ4v) is 4.25. The summed E-state index contributed by atoms with van der Waals surface area (Å²) in [6, 6.07) is 0. The molecule has 1 rings (SSSR count). The summed E-state index contributed by atoms with van der Waals surface area (Å²) >= 11 is 0. The number of hydrogen-bond acceptors (Lipinski definition) is 4. The van der Waals surface area contributed by atoms with Gasteiger partial charge in [0.05, 0.1) is 18.3 Å². The predicted octanol–water partition coefficient (Wildman–Crippen LogP) is 5.70. The van der Waals surface area contributed by atoms with E-state index >= 15 is 0 Å². The van der Waals surface area contributed by atoms with Crippen LogP contribution in [-0.2, 0) is 9.53 Å². The molecule has 4 heteroatoms. The summed E-state index contributed by atoms with van der Waals surface area (Å²) in [7, 11) is 0. The zero-order valence-corrected chi connectivity index (χ0v) is 18.5. The van der Waals surface area contributed by atoms with Gasteiger partial charge in [-0.1, -0.05) is 64.0 Å². The van der Waals surface area contributed by atoms with Gasteiger partial charge >= 0.3 is 5.97 Å². The van der Waals surface area contributed by atoms with E-state index in [1.165, 1.54) is 18.4 Å². The Morgan fingerprint density at radius 3 is 2.57 bits per heavy atom. The summed E-state index contributed by atoms with van der Waals surface area (Å²) in [5.74, 6) is 0.156. The lowest BCUT2D eigenvalue weighted by molar-refractivity contribution is -0.143. The van der Waals surface area contributed by atoms with E-state index in [-0.39, 0.29) is 18.0 Å². The Morgan fingerprint density at radius 1 is 1.14 bits per heavy atom. The van der Waals surface area contributed by atoms with Crippen LogP contribution in [0.3, 0.4) is 0 Å². The molecule has 28 heavy (non-hydrogen) atoms. The Bertz CT molecular complexity index is 460. The number of unbranched alkanes of at least 4 members (excludes halogenated alkanes) is 5. The Hall–Kier alpha value is -0.870. The molecule has 1 unspecified atom stereocenters. The van der Waals surface area contributed by atoms with Crippen LogP contribution < -0.4 is 0 Å². The molecule has 1 saturated carbocycles. The van der Waals surface area contributed by atoms with Gasteiger partial charge in [-0.05, 0) is 51.9 Å². The van der Waals surface area contributed by atoms with E-state index in [4.69, 9.17) is 4.74 Å². The number of aliphatic hydroxyl groups is 2. The maximum absolute atomic E-state index is 11.3. The van der Waals surface area contributed by atoms with E-state index in [0.717, 1.165) is 64.2 Å². The van der Waals surface area contributed by atoms with Crippen LogP contribution in [0.2, 0.25) is 0 Å². The molecular weight excluding hydrogens is 352 g/mol. The largest absolute Gasteiger partial charge is 0.466 e. The third-order valence-corrected chi connectivity index (χ3v) is 6.27. The smallest absolute Gasteiger partial charge is 0.305 e. The van der Waals surface area contributed by atoms with E-state index in [1.807, 2.05) is 6.92 Å². The van der Waals surface area contributed by atoms with Gasteiger partial charge in [-0.3, -0.25) is 4.79 Å². The first-order valence-corrected chi connectivity index (χ1v) is 11.7. The second-order valence-corrected chi connectivity index (χ2v) is 8.49. The van der Waals surface area contributed by atoms with Gasteiger partial charge in [-0.15, -0.1) is 0 Å². The van der Waals surface area contributed by atoms with Gasteiger partial charge < -0.3 is 14.9 Å². The van der Waals surface area contributed by atoms with Gasteiger partial charge in [-0.25, -0.2) is 0 Å². The Balaban J connectivity index is 2.39. The highest BCUT2D eigenvalue weighted by molar-refractivity contribution is 5.69. The maximum atomic E-state index is 11.3. The average Bonchev–Trinajstić information content (AvgIpc) is 3.03. The van der Waals surface area contributed by atoms with Crippen molar-refractivity contribution in [3.8, 4) is 0 Å². The number of ether oxygens (including phenoxy) is 1. The summed E-state index contributed by atoms with van der Waals surface area (Å²) in [6.07, 6.45) is 15.2. The number of carbonyl (C=O) groups is 1. The van der Waals surface area contributed by atoms with Crippen molar-refractivity contribution in [1.82, 2.24) is 0 Å². The molecule has 0 aliphatic heterocycles. The van der Waals surface area contributed by atoms with Crippen LogP contribution in [0, 0.1) is 5.92 Å². The standard InChI is InChI=1S/C24H44O4/c1-4-7-12-18-24(27,5-2)19-17-20-15-16-22(25)21(20)13-10-8-9-11-14-23(26)28-6-3/h17,21-22,25,27H,4-16,18-19H2,1-3H3/t21-,22-,24?/m1/s1. The van der Waals surface area contributed by atoms with Crippen LogP contribution in [-0.4, -0.2) is 34.5 Å². The minimum absolute atomic E-state index is 0.0960. The van der Waals surface area contributed by atoms with Crippen LogP contribution in [0.1, 0.15) is 111 Å². The van der Waals surface area contributed by atoms with Crippen LogP contribution in [0.15, 0.2) is 11.6 Å². The van der Waals surface area contributed by atoms with Gasteiger partial charge in [0, 0.05) is 12.3 Å². The van der Waals surface area contributed by atoms with Gasteiger partial charge in [-0.2, -0.15) is 0 Å². The van der Waals surface area contributed by atoms with Crippen molar-refractivity contribution in [2.24, 2.45) is 5.92 Å². The van der Waals surface area contributed by atoms with Crippen molar-refractivity contribution >= 4 is 5.97 Å². The first kappa shape index (κ1) is 25.2. The topological polar surface area (TPSA) is 66.8 Å². The SMILES string of the molecule is CCCCCC(O)(CC)CC=C1CC[C@@H](O)[C@@H]1CCCCCCC(=O)OCC. The maximum Gasteiger partial charge on any atom is 0.305 e. The number of rotatable bonds is 15. The highest BCUT2D eigenvalue weighted by Gasteiger charge is 2.30. The van der Waals surface area contributed by atoms with Crippen LogP contribution in [0.4, 0.5) is 0 Å². The number of carbonyl (C=O) groups excluding carboxylic acids is 1. The molecule has 1 aliphatic carbocycles. The van der Waals surface area contributed by atoms with Crippen molar-refractivity contribution in [1.29, 1.82) is 0 Å². The highest BCUT2D eigenvalue weighted by Crippen LogP contribution is 2.37.